The number of carbonyl (C=O) groups is 3. The molecule has 0 aliphatic rings. The standard InChI is InChI=1S/3C12H24O2.Ba.2H/c3*1-2-3-4-5-6-7-8-9-10-11-12(13)14;;;/h3*2-11H2,1H3,(H,13,14);;;. The van der Waals surface area contributed by atoms with Crippen molar-refractivity contribution in [3.8, 4) is 0 Å². The SMILES string of the molecule is CCCCCCCCCCCC(=O)O.CCCCCCCCCCCC(=O)O.CCCCCCCCCCCC(=O)O.[BaH2]. The van der Waals surface area contributed by atoms with E-state index in [9.17, 15) is 14.4 Å². The molecule has 3 N–H and O–H groups in total. The van der Waals surface area contributed by atoms with Gasteiger partial charge >= 0.3 is 66.8 Å². The summed E-state index contributed by atoms with van der Waals surface area (Å²) in [5.74, 6) is -1.98. The Hall–Kier alpha value is -0.0186. The van der Waals surface area contributed by atoms with E-state index in [0.29, 0.717) is 19.3 Å². The van der Waals surface area contributed by atoms with E-state index in [1.165, 1.54) is 135 Å². The predicted molar refractivity (Wildman–Crippen MR) is 187 cm³/mol. The third kappa shape index (κ3) is 61.7. The molecule has 0 radical (unpaired) electrons. The van der Waals surface area contributed by atoms with E-state index in [0.717, 1.165) is 38.5 Å². The molecule has 256 valence electrons. The van der Waals surface area contributed by atoms with Crippen molar-refractivity contribution >= 4 is 66.8 Å². The molecular weight excluding hydrogens is 666 g/mol. The van der Waals surface area contributed by atoms with E-state index >= 15 is 0 Å². The van der Waals surface area contributed by atoms with Gasteiger partial charge in [0.25, 0.3) is 0 Å². The summed E-state index contributed by atoms with van der Waals surface area (Å²) in [4.78, 5) is 30.6. The molecule has 0 spiro atoms. The molecule has 6 nitrogen and oxygen atoms in total. The zero-order valence-electron chi connectivity index (χ0n) is 28.3. The van der Waals surface area contributed by atoms with Crippen molar-refractivity contribution in [3.63, 3.8) is 0 Å². The van der Waals surface area contributed by atoms with Crippen LogP contribution in [0, 0.1) is 0 Å². The Morgan fingerprint density at radius 1 is 0.302 bits per heavy atom. The molecule has 0 aliphatic heterocycles. The molecule has 0 aromatic rings. The van der Waals surface area contributed by atoms with E-state index in [2.05, 4.69) is 20.8 Å². The summed E-state index contributed by atoms with van der Waals surface area (Å²) in [7, 11) is 0. The molecule has 0 atom stereocenters. The van der Waals surface area contributed by atoms with Gasteiger partial charge in [0.2, 0.25) is 0 Å². The molecule has 0 unspecified atom stereocenters. The fourth-order valence-corrected chi connectivity index (χ4v) is 4.76. The van der Waals surface area contributed by atoms with Crippen molar-refractivity contribution in [3.05, 3.63) is 0 Å². The Morgan fingerprint density at radius 2 is 0.442 bits per heavy atom. The molecule has 0 bridgehead atoms. The summed E-state index contributed by atoms with van der Waals surface area (Å²) in [5, 5.41) is 25.2. The first-order valence-electron chi connectivity index (χ1n) is 18.0. The molecule has 0 rings (SSSR count). The Labute approximate surface area is 307 Å². The minimum absolute atomic E-state index is 0. The van der Waals surface area contributed by atoms with Crippen LogP contribution in [0.2, 0.25) is 0 Å². The van der Waals surface area contributed by atoms with Crippen molar-refractivity contribution in [1.82, 2.24) is 0 Å². The summed E-state index contributed by atoms with van der Waals surface area (Å²) < 4.78 is 0. The summed E-state index contributed by atoms with van der Waals surface area (Å²) >= 11 is 0. The number of carboxylic acids is 3. The van der Waals surface area contributed by atoms with Gasteiger partial charge < -0.3 is 15.3 Å². The van der Waals surface area contributed by atoms with E-state index in [1.54, 1.807) is 0 Å². The minimum atomic E-state index is -0.659. The molecule has 43 heavy (non-hydrogen) atoms. The van der Waals surface area contributed by atoms with Gasteiger partial charge in [-0.05, 0) is 19.3 Å². The van der Waals surface area contributed by atoms with Gasteiger partial charge in [0.15, 0.2) is 0 Å². The van der Waals surface area contributed by atoms with Crippen LogP contribution in [0.1, 0.15) is 213 Å². The second kappa shape index (κ2) is 46.4. The van der Waals surface area contributed by atoms with Crippen molar-refractivity contribution in [2.24, 2.45) is 0 Å². The van der Waals surface area contributed by atoms with Gasteiger partial charge in [-0.15, -0.1) is 0 Å². The van der Waals surface area contributed by atoms with Crippen molar-refractivity contribution < 1.29 is 29.7 Å². The third-order valence-electron chi connectivity index (χ3n) is 7.48. The number of hydrogen-bond acceptors (Lipinski definition) is 3. The van der Waals surface area contributed by atoms with Gasteiger partial charge in [0.05, 0.1) is 0 Å². The second-order valence-electron chi connectivity index (χ2n) is 11.9. The molecule has 0 fully saturated rings. The first-order chi connectivity index (χ1) is 20.3. The molecule has 0 saturated heterocycles. The summed E-state index contributed by atoms with van der Waals surface area (Å²) in [5.41, 5.74) is 0. The molecule has 7 heteroatoms. The molecule has 0 aliphatic carbocycles. The van der Waals surface area contributed by atoms with Gasteiger partial charge in [-0.2, -0.15) is 0 Å². The maximum absolute atomic E-state index is 10.2. The van der Waals surface area contributed by atoms with Crippen LogP contribution < -0.4 is 0 Å². The van der Waals surface area contributed by atoms with Gasteiger partial charge in [0.1, 0.15) is 0 Å². The first kappa shape index (κ1) is 49.9. The molecule has 0 heterocycles. The monoisotopic (exact) mass is 740 g/mol. The van der Waals surface area contributed by atoms with E-state index in [-0.39, 0.29) is 48.9 Å². The summed E-state index contributed by atoms with van der Waals surface area (Å²) in [6.45, 7) is 6.68. The average molecular weight is 740 g/mol. The Bertz CT molecular complexity index is 480. The van der Waals surface area contributed by atoms with Gasteiger partial charge in [-0.25, -0.2) is 0 Å². The fourth-order valence-electron chi connectivity index (χ4n) is 4.76. The van der Waals surface area contributed by atoms with Crippen LogP contribution in [0.5, 0.6) is 0 Å². The zero-order chi connectivity index (χ0) is 31.9. The van der Waals surface area contributed by atoms with Crippen LogP contribution in [0.15, 0.2) is 0 Å². The Balaban J connectivity index is -0.000000262. The van der Waals surface area contributed by atoms with Crippen molar-refractivity contribution in [2.75, 3.05) is 0 Å². The fraction of sp³-hybridized carbons (Fsp3) is 0.917. The number of hydrogen-bond donors (Lipinski definition) is 3. The maximum atomic E-state index is 10.2. The van der Waals surface area contributed by atoms with Crippen molar-refractivity contribution in [2.45, 2.75) is 213 Å². The number of aliphatic carboxylic acids is 3. The zero-order valence-corrected chi connectivity index (χ0v) is 28.3. The topological polar surface area (TPSA) is 112 Å². The molecular formula is C36H74BaO6. The molecule has 0 aromatic carbocycles. The van der Waals surface area contributed by atoms with Crippen LogP contribution in [0.25, 0.3) is 0 Å². The molecule has 0 aromatic heterocycles. The van der Waals surface area contributed by atoms with Crippen LogP contribution in [0.3, 0.4) is 0 Å². The van der Waals surface area contributed by atoms with E-state index in [4.69, 9.17) is 15.3 Å². The van der Waals surface area contributed by atoms with Gasteiger partial charge in [-0.1, -0.05) is 175 Å². The van der Waals surface area contributed by atoms with Crippen LogP contribution in [-0.4, -0.2) is 82.1 Å². The van der Waals surface area contributed by atoms with Crippen molar-refractivity contribution in [1.29, 1.82) is 0 Å². The van der Waals surface area contributed by atoms with Crippen LogP contribution in [0.4, 0.5) is 0 Å². The van der Waals surface area contributed by atoms with Crippen LogP contribution >= 0.6 is 0 Å². The van der Waals surface area contributed by atoms with E-state index < -0.39 is 17.9 Å². The summed E-state index contributed by atoms with van der Waals surface area (Å²) in [6, 6.07) is 0. The first-order valence-corrected chi connectivity index (χ1v) is 18.0. The molecule has 0 amide bonds. The van der Waals surface area contributed by atoms with Gasteiger partial charge in [-0.3, -0.25) is 14.4 Å². The normalized spacial score (nSPS) is 10.1. The Morgan fingerprint density at radius 3 is 0.581 bits per heavy atom. The molecule has 0 saturated carbocycles. The van der Waals surface area contributed by atoms with Crippen LogP contribution in [-0.2, 0) is 14.4 Å². The quantitative estimate of drug-likeness (QED) is 0.0499. The Kier molecular flexibility index (Phi) is 53.8. The number of unbranched alkanes of at least 4 members (excludes halogenated alkanes) is 24. The summed E-state index contributed by atoms with van der Waals surface area (Å²) in [6.07, 6.45) is 34.4. The second-order valence-corrected chi connectivity index (χ2v) is 11.9. The predicted octanol–water partition coefficient (Wildman–Crippen LogP) is 11.1. The average Bonchev–Trinajstić information content (AvgIpc) is 2.95. The third-order valence-corrected chi connectivity index (χ3v) is 7.48. The van der Waals surface area contributed by atoms with E-state index in [1.807, 2.05) is 0 Å². The number of rotatable bonds is 30. The van der Waals surface area contributed by atoms with Gasteiger partial charge in [0, 0.05) is 19.3 Å². The number of carboxylic acid groups (broad SMARTS) is 3.